The van der Waals surface area contributed by atoms with Gasteiger partial charge < -0.3 is 19.2 Å². The SMILES string of the molecule is COc1ccc(-c2cc(=O)c3cc(NC(=O)c4ccc(Cl)cc4)ccc3o2)cc1OC. The van der Waals surface area contributed by atoms with Crippen molar-refractivity contribution in [1.29, 1.82) is 0 Å². The van der Waals surface area contributed by atoms with Gasteiger partial charge in [-0.1, -0.05) is 11.6 Å². The van der Waals surface area contributed by atoms with Gasteiger partial charge in [-0.25, -0.2) is 0 Å². The van der Waals surface area contributed by atoms with E-state index in [1.165, 1.54) is 13.2 Å². The normalized spacial score (nSPS) is 10.7. The van der Waals surface area contributed by atoms with Crippen molar-refractivity contribution < 1.29 is 18.7 Å². The van der Waals surface area contributed by atoms with E-state index in [9.17, 15) is 9.59 Å². The molecule has 1 aromatic heterocycles. The Bertz CT molecular complexity index is 1330. The molecule has 0 aliphatic heterocycles. The second-order valence-electron chi connectivity index (χ2n) is 6.72. The average Bonchev–Trinajstić information content (AvgIpc) is 2.79. The highest BCUT2D eigenvalue weighted by Gasteiger charge is 2.12. The Labute approximate surface area is 183 Å². The molecule has 7 heteroatoms. The summed E-state index contributed by atoms with van der Waals surface area (Å²) in [5.74, 6) is 1.21. The van der Waals surface area contributed by atoms with Gasteiger partial charge in [0, 0.05) is 27.9 Å². The van der Waals surface area contributed by atoms with Crippen LogP contribution in [0.5, 0.6) is 11.5 Å². The molecule has 0 unspecified atom stereocenters. The van der Waals surface area contributed by atoms with Crippen molar-refractivity contribution in [2.75, 3.05) is 19.5 Å². The quantitative estimate of drug-likeness (QED) is 0.455. The number of ether oxygens (including phenoxy) is 2. The van der Waals surface area contributed by atoms with Crippen LogP contribution in [0.3, 0.4) is 0 Å². The fourth-order valence-corrected chi connectivity index (χ4v) is 3.30. The number of benzene rings is 3. The first-order valence-electron chi connectivity index (χ1n) is 9.36. The number of amides is 1. The first-order valence-corrected chi connectivity index (χ1v) is 9.73. The second-order valence-corrected chi connectivity index (χ2v) is 7.15. The third kappa shape index (κ3) is 4.25. The zero-order chi connectivity index (χ0) is 22.0. The number of rotatable bonds is 5. The van der Waals surface area contributed by atoms with Crippen molar-refractivity contribution in [3.05, 3.63) is 87.5 Å². The third-order valence-corrected chi connectivity index (χ3v) is 5.01. The van der Waals surface area contributed by atoms with E-state index in [4.69, 9.17) is 25.5 Å². The zero-order valence-electron chi connectivity index (χ0n) is 16.8. The van der Waals surface area contributed by atoms with E-state index < -0.39 is 0 Å². The number of methoxy groups -OCH3 is 2. The highest BCUT2D eigenvalue weighted by molar-refractivity contribution is 6.30. The molecule has 4 aromatic rings. The van der Waals surface area contributed by atoms with E-state index in [1.807, 2.05) is 0 Å². The summed E-state index contributed by atoms with van der Waals surface area (Å²) < 4.78 is 16.5. The van der Waals surface area contributed by atoms with Gasteiger partial charge in [0.2, 0.25) is 0 Å². The molecule has 0 bridgehead atoms. The van der Waals surface area contributed by atoms with Gasteiger partial charge >= 0.3 is 0 Å². The van der Waals surface area contributed by atoms with Crippen LogP contribution in [0.1, 0.15) is 10.4 Å². The molecule has 4 rings (SSSR count). The lowest BCUT2D eigenvalue weighted by Gasteiger charge is -2.10. The predicted molar refractivity (Wildman–Crippen MR) is 120 cm³/mol. The van der Waals surface area contributed by atoms with Gasteiger partial charge in [0.1, 0.15) is 11.3 Å². The molecule has 6 nitrogen and oxygen atoms in total. The van der Waals surface area contributed by atoms with E-state index in [1.54, 1.807) is 67.8 Å². The van der Waals surface area contributed by atoms with Crippen molar-refractivity contribution in [1.82, 2.24) is 0 Å². The molecule has 0 aliphatic rings. The van der Waals surface area contributed by atoms with Gasteiger partial charge in [0.15, 0.2) is 16.9 Å². The summed E-state index contributed by atoms with van der Waals surface area (Å²) in [7, 11) is 3.09. The van der Waals surface area contributed by atoms with Gasteiger partial charge in [-0.05, 0) is 60.7 Å². The summed E-state index contributed by atoms with van der Waals surface area (Å²) in [6.45, 7) is 0. The average molecular weight is 436 g/mol. The Balaban J connectivity index is 1.66. The third-order valence-electron chi connectivity index (χ3n) is 4.76. The van der Waals surface area contributed by atoms with Gasteiger partial charge in [-0.15, -0.1) is 0 Å². The molecule has 1 amide bonds. The molecular formula is C24H18ClNO5. The predicted octanol–water partition coefficient (Wildman–Crippen LogP) is 5.38. The standard InChI is InChI=1S/C24H18ClNO5/c1-29-21-9-5-15(11-23(21)30-2)22-13-19(27)18-12-17(8-10-20(18)31-22)26-24(28)14-3-6-16(25)7-4-14/h3-13H,1-2H3,(H,26,28). The van der Waals surface area contributed by atoms with E-state index in [-0.39, 0.29) is 11.3 Å². The van der Waals surface area contributed by atoms with Crippen LogP contribution in [0.25, 0.3) is 22.3 Å². The molecule has 156 valence electrons. The van der Waals surface area contributed by atoms with Gasteiger partial charge in [0.05, 0.1) is 19.6 Å². The Morgan fingerprint density at radius 2 is 1.65 bits per heavy atom. The highest BCUT2D eigenvalue weighted by atomic mass is 35.5. The first kappa shape index (κ1) is 20.5. The number of hydrogen-bond donors (Lipinski definition) is 1. The zero-order valence-corrected chi connectivity index (χ0v) is 17.5. The molecule has 1 heterocycles. The van der Waals surface area contributed by atoms with Crippen LogP contribution in [-0.2, 0) is 0 Å². The lowest BCUT2D eigenvalue weighted by molar-refractivity contribution is 0.102. The van der Waals surface area contributed by atoms with E-state index >= 15 is 0 Å². The number of halogens is 1. The summed E-state index contributed by atoms with van der Waals surface area (Å²) in [5.41, 5.74) is 1.80. The molecule has 3 aromatic carbocycles. The van der Waals surface area contributed by atoms with Gasteiger partial charge in [0.25, 0.3) is 5.91 Å². The smallest absolute Gasteiger partial charge is 0.255 e. The molecule has 0 saturated heterocycles. The number of carbonyl (C=O) groups excluding carboxylic acids is 1. The first-order chi connectivity index (χ1) is 15.0. The van der Waals surface area contributed by atoms with Gasteiger partial charge in [-0.2, -0.15) is 0 Å². The van der Waals surface area contributed by atoms with E-state index in [2.05, 4.69) is 5.32 Å². The fourth-order valence-electron chi connectivity index (χ4n) is 3.17. The van der Waals surface area contributed by atoms with Gasteiger partial charge in [-0.3, -0.25) is 9.59 Å². The van der Waals surface area contributed by atoms with Crippen LogP contribution in [0, 0.1) is 0 Å². The Hall–Kier alpha value is -3.77. The van der Waals surface area contributed by atoms with Crippen molar-refractivity contribution in [3.8, 4) is 22.8 Å². The Morgan fingerprint density at radius 1 is 0.903 bits per heavy atom. The highest BCUT2D eigenvalue weighted by Crippen LogP contribution is 2.33. The summed E-state index contributed by atoms with van der Waals surface area (Å²) in [4.78, 5) is 25.2. The molecule has 0 radical (unpaired) electrons. The minimum absolute atomic E-state index is 0.228. The van der Waals surface area contributed by atoms with Crippen molar-refractivity contribution >= 4 is 34.2 Å². The maximum atomic E-state index is 12.8. The van der Waals surface area contributed by atoms with Crippen molar-refractivity contribution in [3.63, 3.8) is 0 Å². The summed E-state index contributed by atoms with van der Waals surface area (Å²) >= 11 is 5.86. The Kier molecular flexibility index (Phi) is 5.64. The monoisotopic (exact) mass is 435 g/mol. The Morgan fingerprint density at radius 3 is 2.35 bits per heavy atom. The molecule has 0 saturated carbocycles. The lowest BCUT2D eigenvalue weighted by atomic mass is 10.1. The molecule has 1 N–H and O–H groups in total. The minimum atomic E-state index is -0.303. The summed E-state index contributed by atoms with van der Waals surface area (Å²) in [6, 6.07) is 18.1. The molecule has 0 atom stereocenters. The van der Waals surface area contributed by atoms with E-state index in [0.717, 1.165) is 0 Å². The second kappa shape index (κ2) is 8.53. The van der Waals surface area contributed by atoms with E-state index in [0.29, 0.717) is 50.1 Å². The van der Waals surface area contributed by atoms with Crippen LogP contribution in [0.2, 0.25) is 5.02 Å². The molecule has 31 heavy (non-hydrogen) atoms. The van der Waals surface area contributed by atoms with Crippen LogP contribution < -0.4 is 20.2 Å². The molecule has 0 fully saturated rings. The summed E-state index contributed by atoms with van der Waals surface area (Å²) in [6.07, 6.45) is 0. The lowest BCUT2D eigenvalue weighted by Crippen LogP contribution is -2.12. The molecule has 0 aliphatic carbocycles. The fraction of sp³-hybridized carbons (Fsp3) is 0.0833. The number of anilines is 1. The van der Waals surface area contributed by atoms with Crippen LogP contribution in [-0.4, -0.2) is 20.1 Å². The maximum absolute atomic E-state index is 12.8. The van der Waals surface area contributed by atoms with Crippen molar-refractivity contribution in [2.45, 2.75) is 0 Å². The molecular weight excluding hydrogens is 418 g/mol. The van der Waals surface area contributed by atoms with Crippen molar-refractivity contribution in [2.24, 2.45) is 0 Å². The topological polar surface area (TPSA) is 77.8 Å². The number of nitrogens with one attached hydrogen (secondary N) is 1. The van der Waals surface area contributed by atoms with Crippen LogP contribution >= 0.6 is 11.6 Å². The maximum Gasteiger partial charge on any atom is 0.255 e. The number of hydrogen-bond acceptors (Lipinski definition) is 5. The van der Waals surface area contributed by atoms with Crippen LogP contribution in [0.4, 0.5) is 5.69 Å². The minimum Gasteiger partial charge on any atom is -0.493 e. The molecule has 0 spiro atoms. The number of fused-ring (bicyclic) bond motifs is 1. The van der Waals surface area contributed by atoms with Crippen LogP contribution in [0.15, 0.2) is 75.9 Å². The number of carbonyl (C=O) groups is 1. The largest absolute Gasteiger partial charge is 0.493 e. The summed E-state index contributed by atoms with van der Waals surface area (Å²) in [5, 5.41) is 3.68.